The molecule has 0 amide bonds. The summed E-state index contributed by atoms with van der Waals surface area (Å²) in [5, 5.41) is 9.43. The molecule has 0 aliphatic carbocycles. The number of aliphatic carboxylic acids is 1. The largest absolute Gasteiger partial charge is 0.488 e. The lowest BCUT2D eigenvalue weighted by molar-refractivity contribution is -0.148. The van der Waals surface area contributed by atoms with Crippen molar-refractivity contribution in [2.75, 3.05) is 19.6 Å². The van der Waals surface area contributed by atoms with E-state index in [9.17, 15) is 9.90 Å². The first-order chi connectivity index (χ1) is 9.63. The van der Waals surface area contributed by atoms with Crippen LogP contribution < -0.4 is 4.74 Å². The van der Waals surface area contributed by atoms with Gasteiger partial charge in [-0.25, -0.2) is 0 Å². The monoisotopic (exact) mass is 275 g/mol. The van der Waals surface area contributed by atoms with Gasteiger partial charge in [-0.1, -0.05) is 25.1 Å². The number of nitrogens with zero attached hydrogens (tertiary/aromatic N) is 1. The maximum absolute atomic E-state index is 11.5. The summed E-state index contributed by atoms with van der Waals surface area (Å²) in [7, 11) is 0. The fraction of sp³-hybridized carbons (Fsp3) is 0.562. The van der Waals surface area contributed by atoms with Gasteiger partial charge in [0.25, 0.3) is 0 Å². The summed E-state index contributed by atoms with van der Waals surface area (Å²) >= 11 is 0. The van der Waals surface area contributed by atoms with Crippen LogP contribution in [0.2, 0.25) is 0 Å². The number of fused-ring (bicyclic) bond motifs is 1. The van der Waals surface area contributed by atoms with Gasteiger partial charge in [0.2, 0.25) is 0 Å². The Labute approximate surface area is 119 Å². The van der Waals surface area contributed by atoms with Crippen molar-refractivity contribution in [1.82, 2.24) is 4.90 Å². The van der Waals surface area contributed by atoms with Gasteiger partial charge in [0.1, 0.15) is 11.9 Å². The zero-order valence-electron chi connectivity index (χ0n) is 11.8. The third-order valence-corrected chi connectivity index (χ3v) is 4.74. The van der Waals surface area contributed by atoms with E-state index in [1.165, 1.54) is 5.56 Å². The maximum Gasteiger partial charge on any atom is 0.310 e. The highest BCUT2D eigenvalue weighted by atomic mass is 16.5. The van der Waals surface area contributed by atoms with E-state index in [0.29, 0.717) is 13.0 Å². The summed E-state index contributed by atoms with van der Waals surface area (Å²) in [6, 6.07) is 8.14. The van der Waals surface area contributed by atoms with Crippen LogP contribution in [0.4, 0.5) is 0 Å². The molecule has 2 heterocycles. The average molecular weight is 275 g/mol. The zero-order chi connectivity index (χ0) is 14.2. The van der Waals surface area contributed by atoms with E-state index in [0.717, 1.165) is 31.7 Å². The average Bonchev–Trinajstić information content (AvgIpc) is 3.03. The van der Waals surface area contributed by atoms with E-state index in [1.54, 1.807) is 0 Å². The third kappa shape index (κ3) is 2.29. The van der Waals surface area contributed by atoms with E-state index in [4.69, 9.17) is 4.74 Å². The molecule has 108 valence electrons. The van der Waals surface area contributed by atoms with Crippen LogP contribution in [0.3, 0.4) is 0 Å². The van der Waals surface area contributed by atoms with Crippen LogP contribution in [0.5, 0.6) is 5.75 Å². The van der Waals surface area contributed by atoms with Crippen LogP contribution in [0, 0.1) is 5.41 Å². The first-order valence-electron chi connectivity index (χ1n) is 7.33. The highest BCUT2D eigenvalue weighted by Gasteiger charge is 2.43. The minimum absolute atomic E-state index is 0.161. The van der Waals surface area contributed by atoms with Crippen molar-refractivity contribution in [2.24, 2.45) is 5.41 Å². The molecule has 2 atom stereocenters. The summed E-state index contributed by atoms with van der Waals surface area (Å²) < 4.78 is 5.94. The van der Waals surface area contributed by atoms with Crippen LogP contribution in [0.25, 0.3) is 0 Å². The van der Waals surface area contributed by atoms with E-state index in [-0.39, 0.29) is 6.10 Å². The molecular formula is C16H21NO3. The smallest absolute Gasteiger partial charge is 0.310 e. The van der Waals surface area contributed by atoms with Crippen molar-refractivity contribution < 1.29 is 14.6 Å². The molecule has 0 saturated carbocycles. The molecule has 3 rings (SSSR count). The minimum atomic E-state index is -0.655. The molecule has 4 heteroatoms. The van der Waals surface area contributed by atoms with Crippen LogP contribution in [0.15, 0.2) is 24.3 Å². The van der Waals surface area contributed by atoms with Crippen LogP contribution >= 0.6 is 0 Å². The summed E-state index contributed by atoms with van der Waals surface area (Å²) in [6.07, 6.45) is 2.54. The number of para-hydroxylation sites is 1. The predicted molar refractivity (Wildman–Crippen MR) is 76.0 cm³/mol. The maximum atomic E-state index is 11.5. The van der Waals surface area contributed by atoms with E-state index in [1.807, 2.05) is 25.1 Å². The topological polar surface area (TPSA) is 49.8 Å². The summed E-state index contributed by atoms with van der Waals surface area (Å²) in [4.78, 5) is 13.7. The highest BCUT2D eigenvalue weighted by Crippen LogP contribution is 2.35. The van der Waals surface area contributed by atoms with Crippen molar-refractivity contribution >= 4 is 5.97 Å². The third-order valence-electron chi connectivity index (χ3n) is 4.74. The molecule has 1 saturated heterocycles. The van der Waals surface area contributed by atoms with Crippen LogP contribution in [-0.4, -0.2) is 41.7 Å². The van der Waals surface area contributed by atoms with Crippen molar-refractivity contribution in [3.05, 3.63) is 29.8 Å². The number of carbonyl (C=O) groups is 1. The molecule has 0 aromatic heterocycles. The number of ether oxygens (including phenoxy) is 1. The fourth-order valence-electron chi connectivity index (χ4n) is 3.37. The van der Waals surface area contributed by atoms with Gasteiger partial charge in [0, 0.05) is 19.5 Å². The number of benzene rings is 1. The standard InChI is InChI=1S/C16H21NO3/c1-2-16(15(18)19)7-8-17(11-16)10-13-9-12-5-3-4-6-14(12)20-13/h3-6,13H,2,7-11H2,1H3,(H,18,19). The number of carboxylic acids is 1. The van der Waals surface area contributed by atoms with Gasteiger partial charge < -0.3 is 9.84 Å². The summed E-state index contributed by atoms with van der Waals surface area (Å²) in [5.41, 5.74) is 0.711. The Balaban J connectivity index is 1.60. The molecule has 1 fully saturated rings. The fourth-order valence-corrected chi connectivity index (χ4v) is 3.37. The molecule has 20 heavy (non-hydrogen) atoms. The van der Waals surface area contributed by atoms with Crippen molar-refractivity contribution in [2.45, 2.75) is 32.3 Å². The van der Waals surface area contributed by atoms with E-state index < -0.39 is 11.4 Å². The van der Waals surface area contributed by atoms with Gasteiger partial charge in [-0.2, -0.15) is 0 Å². The van der Waals surface area contributed by atoms with Crippen molar-refractivity contribution in [3.8, 4) is 5.75 Å². The number of rotatable bonds is 4. The van der Waals surface area contributed by atoms with E-state index >= 15 is 0 Å². The normalized spacial score (nSPS) is 29.1. The van der Waals surface area contributed by atoms with Gasteiger partial charge in [-0.05, 0) is 31.0 Å². The summed E-state index contributed by atoms with van der Waals surface area (Å²) in [6.45, 7) is 4.30. The van der Waals surface area contributed by atoms with Gasteiger partial charge >= 0.3 is 5.97 Å². The minimum Gasteiger partial charge on any atom is -0.488 e. The number of likely N-dealkylation sites (tertiary alicyclic amines) is 1. The molecule has 1 aromatic carbocycles. The molecule has 0 radical (unpaired) electrons. The predicted octanol–water partition coefficient (Wildman–Crippen LogP) is 2.18. The molecule has 0 spiro atoms. The molecule has 1 N–H and O–H groups in total. The SMILES string of the molecule is CCC1(C(=O)O)CCN(CC2Cc3ccccc3O2)C1. The second kappa shape index (κ2) is 5.09. The number of hydrogen-bond acceptors (Lipinski definition) is 3. The number of hydrogen-bond donors (Lipinski definition) is 1. The molecule has 4 nitrogen and oxygen atoms in total. The molecule has 0 bridgehead atoms. The lowest BCUT2D eigenvalue weighted by Crippen LogP contribution is -2.38. The molecule has 1 aromatic rings. The Bertz CT molecular complexity index is 491. The Kier molecular flexibility index (Phi) is 3.42. The molecule has 2 aliphatic rings. The van der Waals surface area contributed by atoms with Crippen molar-refractivity contribution in [1.29, 1.82) is 0 Å². The molecule has 2 unspecified atom stereocenters. The van der Waals surface area contributed by atoms with Gasteiger partial charge in [-0.3, -0.25) is 9.69 Å². The molecular weight excluding hydrogens is 254 g/mol. The van der Waals surface area contributed by atoms with Crippen LogP contribution in [0.1, 0.15) is 25.3 Å². The highest BCUT2D eigenvalue weighted by molar-refractivity contribution is 5.75. The lowest BCUT2D eigenvalue weighted by atomic mass is 9.84. The first kappa shape index (κ1) is 13.4. The second-order valence-electron chi connectivity index (χ2n) is 5.98. The lowest BCUT2D eigenvalue weighted by Gasteiger charge is -2.24. The number of carboxylic acid groups (broad SMARTS) is 1. The van der Waals surface area contributed by atoms with E-state index in [2.05, 4.69) is 11.0 Å². The quantitative estimate of drug-likeness (QED) is 0.915. The van der Waals surface area contributed by atoms with Crippen molar-refractivity contribution in [3.63, 3.8) is 0 Å². The Morgan fingerprint density at radius 3 is 2.95 bits per heavy atom. The van der Waals surface area contributed by atoms with Gasteiger partial charge in [0.05, 0.1) is 5.41 Å². The van der Waals surface area contributed by atoms with Gasteiger partial charge in [0.15, 0.2) is 0 Å². The first-order valence-corrected chi connectivity index (χ1v) is 7.33. The Morgan fingerprint density at radius 2 is 2.30 bits per heavy atom. The summed E-state index contributed by atoms with van der Waals surface area (Å²) in [5.74, 6) is 0.329. The zero-order valence-corrected chi connectivity index (χ0v) is 11.8. The second-order valence-corrected chi connectivity index (χ2v) is 5.98. The molecule has 2 aliphatic heterocycles. The van der Waals surface area contributed by atoms with Crippen LogP contribution in [-0.2, 0) is 11.2 Å². The van der Waals surface area contributed by atoms with Gasteiger partial charge in [-0.15, -0.1) is 0 Å². The Hall–Kier alpha value is -1.55. The Morgan fingerprint density at radius 1 is 1.50 bits per heavy atom.